The summed E-state index contributed by atoms with van der Waals surface area (Å²) in [7, 11) is 1.86. The smallest absolute Gasteiger partial charge is 0.152 e. The second-order valence-electron chi connectivity index (χ2n) is 3.86. The van der Waals surface area contributed by atoms with Gasteiger partial charge < -0.3 is 15.6 Å². The van der Waals surface area contributed by atoms with Gasteiger partial charge in [0.15, 0.2) is 5.82 Å². The lowest BCUT2D eigenvalue weighted by Gasteiger charge is -2.07. The first-order chi connectivity index (χ1) is 8.13. The van der Waals surface area contributed by atoms with Crippen molar-refractivity contribution >= 4 is 11.5 Å². The van der Waals surface area contributed by atoms with Crippen LogP contribution in [-0.4, -0.2) is 24.5 Å². The maximum atomic E-state index is 5.92. The zero-order chi connectivity index (χ0) is 12.4. The van der Waals surface area contributed by atoms with Gasteiger partial charge in [-0.15, -0.1) is 10.2 Å². The van der Waals surface area contributed by atoms with E-state index in [2.05, 4.69) is 27.5 Å². The molecule has 2 aromatic heterocycles. The molecule has 0 aliphatic heterocycles. The largest absolute Gasteiger partial charge is 0.394 e. The minimum atomic E-state index is 0.580. The lowest BCUT2D eigenvalue weighted by Crippen LogP contribution is -2.10. The van der Waals surface area contributed by atoms with Crippen LogP contribution in [0.25, 0.3) is 0 Å². The Labute approximate surface area is 99.6 Å². The molecule has 7 heteroatoms. The van der Waals surface area contributed by atoms with E-state index >= 15 is 0 Å². The van der Waals surface area contributed by atoms with Gasteiger partial charge in [-0.1, -0.05) is 0 Å². The molecule has 0 aliphatic rings. The van der Waals surface area contributed by atoms with E-state index in [1.165, 1.54) is 0 Å². The molecule has 0 aliphatic carbocycles. The summed E-state index contributed by atoms with van der Waals surface area (Å²) < 4.78 is 3.71. The van der Waals surface area contributed by atoms with Crippen molar-refractivity contribution in [1.82, 2.24) is 24.5 Å². The first-order valence-electron chi connectivity index (χ1n) is 5.53. The van der Waals surface area contributed by atoms with Crippen LogP contribution >= 0.6 is 0 Å². The lowest BCUT2D eigenvalue weighted by atomic mass is 10.4. The number of aryl methyl sites for hydroxylation is 3. The molecule has 0 amide bonds. The number of anilines is 2. The molecule has 0 bridgehead atoms. The molecular formula is C10H17N7. The summed E-state index contributed by atoms with van der Waals surface area (Å²) >= 11 is 0. The van der Waals surface area contributed by atoms with Gasteiger partial charge in [0.2, 0.25) is 0 Å². The van der Waals surface area contributed by atoms with Crippen molar-refractivity contribution in [1.29, 1.82) is 0 Å². The van der Waals surface area contributed by atoms with Crippen molar-refractivity contribution in [3.05, 3.63) is 17.8 Å². The van der Waals surface area contributed by atoms with Crippen LogP contribution in [0.4, 0.5) is 11.5 Å². The molecule has 17 heavy (non-hydrogen) atoms. The predicted molar refractivity (Wildman–Crippen MR) is 65.4 cm³/mol. The fourth-order valence-electron chi connectivity index (χ4n) is 1.73. The van der Waals surface area contributed by atoms with E-state index in [0.717, 1.165) is 23.9 Å². The average molecular weight is 235 g/mol. The van der Waals surface area contributed by atoms with Crippen molar-refractivity contribution in [3.8, 4) is 0 Å². The fourth-order valence-corrected chi connectivity index (χ4v) is 1.73. The summed E-state index contributed by atoms with van der Waals surface area (Å²) in [6, 6.07) is 0. The molecule has 0 spiro atoms. The van der Waals surface area contributed by atoms with Crippen molar-refractivity contribution in [3.63, 3.8) is 0 Å². The van der Waals surface area contributed by atoms with Gasteiger partial charge in [-0.2, -0.15) is 5.10 Å². The first kappa shape index (κ1) is 11.4. The Morgan fingerprint density at radius 2 is 2.24 bits per heavy atom. The molecule has 7 nitrogen and oxygen atoms in total. The van der Waals surface area contributed by atoms with Crippen LogP contribution in [0.3, 0.4) is 0 Å². The van der Waals surface area contributed by atoms with E-state index in [1.807, 2.05) is 18.5 Å². The van der Waals surface area contributed by atoms with Crippen LogP contribution in [0, 0.1) is 6.92 Å². The SMILES string of the molecule is CCn1cnnc1CNc1c(N)c(C)nn1C. The second kappa shape index (κ2) is 4.44. The van der Waals surface area contributed by atoms with Crippen LogP contribution < -0.4 is 11.1 Å². The molecule has 0 radical (unpaired) electrons. The number of nitrogen functional groups attached to an aromatic ring is 1. The van der Waals surface area contributed by atoms with Crippen LogP contribution in [-0.2, 0) is 20.1 Å². The zero-order valence-electron chi connectivity index (χ0n) is 10.3. The van der Waals surface area contributed by atoms with Gasteiger partial charge >= 0.3 is 0 Å². The highest BCUT2D eigenvalue weighted by molar-refractivity contribution is 5.64. The third-order valence-electron chi connectivity index (χ3n) is 2.72. The number of hydrogen-bond donors (Lipinski definition) is 2. The summed E-state index contributed by atoms with van der Waals surface area (Å²) in [5.41, 5.74) is 7.43. The third kappa shape index (κ3) is 2.08. The highest BCUT2D eigenvalue weighted by Crippen LogP contribution is 2.21. The summed E-state index contributed by atoms with van der Waals surface area (Å²) in [5, 5.41) is 15.4. The highest BCUT2D eigenvalue weighted by Gasteiger charge is 2.10. The van der Waals surface area contributed by atoms with Crippen LogP contribution in [0.1, 0.15) is 18.4 Å². The Morgan fingerprint density at radius 3 is 2.82 bits per heavy atom. The zero-order valence-corrected chi connectivity index (χ0v) is 10.3. The molecule has 0 atom stereocenters. The third-order valence-corrected chi connectivity index (χ3v) is 2.72. The normalized spacial score (nSPS) is 10.8. The van der Waals surface area contributed by atoms with Gasteiger partial charge in [0.1, 0.15) is 12.1 Å². The van der Waals surface area contributed by atoms with E-state index < -0.39 is 0 Å². The average Bonchev–Trinajstić information content (AvgIpc) is 2.84. The maximum absolute atomic E-state index is 5.92. The van der Waals surface area contributed by atoms with E-state index in [9.17, 15) is 0 Å². The van der Waals surface area contributed by atoms with Crippen molar-refractivity contribution < 1.29 is 0 Å². The molecule has 0 unspecified atom stereocenters. The fraction of sp³-hybridized carbons (Fsp3) is 0.500. The van der Waals surface area contributed by atoms with Crippen molar-refractivity contribution in [2.24, 2.45) is 7.05 Å². The molecule has 0 fully saturated rings. The molecule has 0 aromatic carbocycles. The molecule has 2 aromatic rings. The molecule has 2 heterocycles. The van der Waals surface area contributed by atoms with Crippen molar-refractivity contribution in [2.75, 3.05) is 11.1 Å². The Bertz CT molecular complexity index is 511. The van der Waals surface area contributed by atoms with Gasteiger partial charge in [-0.3, -0.25) is 4.68 Å². The van der Waals surface area contributed by atoms with Crippen LogP contribution in [0.15, 0.2) is 6.33 Å². The molecule has 0 saturated heterocycles. The Hall–Kier alpha value is -2.05. The standard InChI is InChI=1S/C10H17N7/c1-4-17-6-13-14-8(17)5-12-10-9(11)7(2)15-16(10)3/h6,12H,4-5,11H2,1-3H3. The lowest BCUT2D eigenvalue weighted by molar-refractivity contribution is 0.701. The molecule has 0 saturated carbocycles. The minimum absolute atomic E-state index is 0.580. The summed E-state index contributed by atoms with van der Waals surface area (Å²) in [4.78, 5) is 0. The Morgan fingerprint density at radius 1 is 1.47 bits per heavy atom. The van der Waals surface area contributed by atoms with E-state index in [1.54, 1.807) is 11.0 Å². The highest BCUT2D eigenvalue weighted by atomic mass is 15.3. The Kier molecular flexibility index (Phi) is 2.99. The molecule has 3 N–H and O–H groups in total. The topological polar surface area (TPSA) is 86.6 Å². The number of nitrogens with two attached hydrogens (primary N) is 1. The van der Waals surface area contributed by atoms with Gasteiger partial charge in [-0.25, -0.2) is 0 Å². The van der Waals surface area contributed by atoms with Gasteiger partial charge in [-0.05, 0) is 13.8 Å². The second-order valence-corrected chi connectivity index (χ2v) is 3.86. The summed E-state index contributed by atoms with van der Waals surface area (Å²) in [6.07, 6.45) is 1.72. The number of aromatic nitrogens is 5. The van der Waals surface area contributed by atoms with E-state index in [-0.39, 0.29) is 0 Å². The minimum Gasteiger partial charge on any atom is -0.394 e. The van der Waals surface area contributed by atoms with Gasteiger partial charge in [0.05, 0.1) is 17.9 Å². The number of hydrogen-bond acceptors (Lipinski definition) is 5. The van der Waals surface area contributed by atoms with Crippen LogP contribution in [0.5, 0.6) is 0 Å². The van der Waals surface area contributed by atoms with Crippen LogP contribution in [0.2, 0.25) is 0 Å². The van der Waals surface area contributed by atoms with Crippen molar-refractivity contribution in [2.45, 2.75) is 26.9 Å². The number of rotatable bonds is 4. The van der Waals surface area contributed by atoms with Gasteiger partial charge in [0.25, 0.3) is 0 Å². The summed E-state index contributed by atoms with van der Waals surface area (Å²) in [5.74, 6) is 1.69. The van der Waals surface area contributed by atoms with E-state index in [4.69, 9.17) is 5.73 Å². The predicted octanol–water partition coefficient (Wildman–Crippen LogP) is 0.534. The molecule has 92 valence electrons. The maximum Gasteiger partial charge on any atom is 0.152 e. The van der Waals surface area contributed by atoms with E-state index in [0.29, 0.717) is 12.2 Å². The first-order valence-corrected chi connectivity index (χ1v) is 5.53. The Balaban J connectivity index is 2.12. The van der Waals surface area contributed by atoms with Gasteiger partial charge in [0, 0.05) is 13.6 Å². The molecular weight excluding hydrogens is 218 g/mol. The monoisotopic (exact) mass is 235 g/mol. The molecule has 2 rings (SSSR count). The quantitative estimate of drug-likeness (QED) is 0.807. The number of nitrogens with one attached hydrogen (secondary N) is 1. The summed E-state index contributed by atoms with van der Waals surface area (Å²) in [6.45, 7) is 5.37. The number of nitrogens with zero attached hydrogens (tertiary/aromatic N) is 5.